The molecule has 2 aromatic rings. The minimum Gasteiger partial charge on any atom is -0.346 e. The summed E-state index contributed by atoms with van der Waals surface area (Å²) in [6.07, 6.45) is 5.84. The number of fused-ring (bicyclic) bond motifs is 3. The first-order chi connectivity index (χ1) is 11.8. The van der Waals surface area contributed by atoms with Gasteiger partial charge in [-0.1, -0.05) is 18.2 Å². The summed E-state index contributed by atoms with van der Waals surface area (Å²) in [5, 5.41) is 9.02. The molecule has 2 bridgehead atoms. The Hall–Kier alpha value is -1.59. The van der Waals surface area contributed by atoms with Gasteiger partial charge >= 0.3 is 0 Å². The molecule has 0 spiro atoms. The number of carbonyl (C=O) groups is 1. The summed E-state index contributed by atoms with van der Waals surface area (Å²) < 4.78 is 2.06. The van der Waals surface area contributed by atoms with Crippen LogP contribution in [-0.4, -0.2) is 46.3 Å². The largest absolute Gasteiger partial charge is 0.346 e. The van der Waals surface area contributed by atoms with Gasteiger partial charge in [-0.2, -0.15) is 5.10 Å². The molecule has 1 atom stereocenters. The molecular weight excluding hydrogens is 336 g/mol. The van der Waals surface area contributed by atoms with Gasteiger partial charge in [-0.05, 0) is 56.7 Å². The van der Waals surface area contributed by atoms with E-state index in [1.807, 2.05) is 0 Å². The molecule has 1 unspecified atom stereocenters. The highest BCUT2D eigenvalue weighted by atomic mass is 35.5. The van der Waals surface area contributed by atoms with Crippen molar-refractivity contribution in [2.75, 3.05) is 19.6 Å². The van der Waals surface area contributed by atoms with E-state index in [1.54, 1.807) is 0 Å². The fraction of sp³-hybridized carbons (Fsp3) is 0.579. The lowest BCUT2D eigenvalue weighted by Crippen LogP contribution is -2.57. The maximum Gasteiger partial charge on any atom is 0.272 e. The summed E-state index contributed by atoms with van der Waals surface area (Å²) in [5.41, 5.74) is 3.12. The number of amides is 1. The quantitative estimate of drug-likeness (QED) is 0.895. The summed E-state index contributed by atoms with van der Waals surface area (Å²) in [6.45, 7) is 4.30. The molecule has 1 aromatic carbocycles. The lowest BCUT2D eigenvalue weighted by molar-refractivity contribution is 0.0618. The fourth-order valence-corrected chi connectivity index (χ4v) is 4.79. The Morgan fingerprint density at radius 1 is 1.16 bits per heavy atom. The first kappa shape index (κ1) is 16.9. The Balaban J connectivity index is 0.00000157. The van der Waals surface area contributed by atoms with Gasteiger partial charge < -0.3 is 10.2 Å². The monoisotopic (exact) mass is 360 g/mol. The van der Waals surface area contributed by atoms with Crippen molar-refractivity contribution in [1.82, 2.24) is 20.0 Å². The van der Waals surface area contributed by atoms with E-state index in [-0.39, 0.29) is 24.4 Å². The molecule has 25 heavy (non-hydrogen) atoms. The number of nitrogens with one attached hydrogen (secondary N) is 1. The van der Waals surface area contributed by atoms with Gasteiger partial charge in [0.1, 0.15) is 0 Å². The highest BCUT2D eigenvalue weighted by Gasteiger charge is 2.35. The Kier molecular flexibility index (Phi) is 4.46. The predicted octanol–water partition coefficient (Wildman–Crippen LogP) is 2.62. The molecule has 134 valence electrons. The van der Waals surface area contributed by atoms with Gasteiger partial charge in [0.25, 0.3) is 5.91 Å². The van der Waals surface area contributed by atoms with Crippen molar-refractivity contribution in [1.29, 1.82) is 0 Å². The van der Waals surface area contributed by atoms with E-state index < -0.39 is 0 Å². The molecule has 1 amide bonds. The standard InChI is InChI=1S/C19H24N4O.ClH/c24-19(20-16-12-22-10-7-13(16)8-11-22)17-15-6-3-5-14-4-1-2-9-23(21-17)18(14)15;/h3,5-6,13,16H,1-2,4,7-12H2,(H,20,24);1H. The van der Waals surface area contributed by atoms with Crippen LogP contribution >= 0.6 is 12.4 Å². The average Bonchev–Trinajstić information content (AvgIpc) is 2.86. The second kappa shape index (κ2) is 6.61. The van der Waals surface area contributed by atoms with Gasteiger partial charge in [0, 0.05) is 24.5 Å². The van der Waals surface area contributed by atoms with Crippen LogP contribution in [0.4, 0.5) is 0 Å². The summed E-state index contributed by atoms with van der Waals surface area (Å²) in [4.78, 5) is 15.4. The molecule has 0 aliphatic carbocycles. The predicted molar refractivity (Wildman–Crippen MR) is 100 cm³/mol. The lowest BCUT2D eigenvalue weighted by atomic mass is 9.84. The minimum atomic E-state index is 0. The maximum absolute atomic E-state index is 12.9. The zero-order chi connectivity index (χ0) is 16.1. The van der Waals surface area contributed by atoms with E-state index in [1.165, 1.54) is 43.4 Å². The van der Waals surface area contributed by atoms with E-state index in [4.69, 9.17) is 5.10 Å². The normalized spacial score (nSPS) is 27.6. The minimum absolute atomic E-state index is 0. The lowest BCUT2D eigenvalue weighted by Gasteiger charge is -2.44. The van der Waals surface area contributed by atoms with Crippen molar-refractivity contribution in [3.05, 3.63) is 29.5 Å². The van der Waals surface area contributed by atoms with Gasteiger partial charge in [-0.3, -0.25) is 9.48 Å². The third kappa shape index (κ3) is 2.83. The molecule has 0 radical (unpaired) electrons. The van der Waals surface area contributed by atoms with Crippen molar-refractivity contribution in [2.45, 2.75) is 44.7 Å². The second-order valence-corrected chi connectivity index (χ2v) is 7.56. The molecule has 0 saturated carbocycles. The van der Waals surface area contributed by atoms with Gasteiger partial charge in [0.2, 0.25) is 0 Å². The number of halogens is 1. The number of benzene rings is 1. The Morgan fingerprint density at radius 2 is 2.00 bits per heavy atom. The number of aromatic nitrogens is 2. The number of hydrogen-bond donors (Lipinski definition) is 1. The summed E-state index contributed by atoms with van der Waals surface area (Å²) in [7, 11) is 0. The van der Waals surface area contributed by atoms with Crippen LogP contribution in [0.5, 0.6) is 0 Å². The molecule has 5 nitrogen and oxygen atoms in total. The number of hydrogen-bond acceptors (Lipinski definition) is 3. The SMILES string of the molecule is Cl.O=C(NC1CN2CCC1CC2)c1nn2c3c(cccc13)CCCC2. The third-order valence-electron chi connectivity index (χ3n) is 6.11. The van der Waals surface area contributed by atoms with Crippen LogP contribution in [0.1, 0.15) is 41.7 Å². The van der Waals surface area contributed by atoms with Crippen LogP contribution in [0.15, 0.2) is 18.2 Å². The van der Waals surface area contributed by atoms with Crippen LogP contribution < -0.4 is 5.32 Å². The van der Waals surface area contributed by atoms with Crippen molar-refractivity contribution in [2.24, 2.45) is 5.92 Å². The van der Waals surface area contributed by atoms with Crippen molar-refractivity contribution >= 4 is 29.2 Å². The van der Waals surface area contributed by atoms with E-state index >= 15 is 0 Å². The zero-order valence-corrected chi connectivity index (χ0v) is 15.2. The number of carbonyl (C=O) groups excluding carboxylic acids is 1. The summed E-state index contributed by atoms with van der Waals surface area (Å²) in [6, 6.07) is 6.59. The number of piperidine rings is 3. The number of nitrogens with zero attached hydrogens (tertiary/aromatic N) is 3. The van der Waals surface area contributed by atoms with Crippen LogP contribution in [0.25, 0.3) is 10.9 Å². The van der Waals surface area contributed by atoms with Gasteiger partial charge in [-0.25, -0.2) is 0 Å². The van der Waals surface area contributed by atoms with Crippen molar-refractivity contribution in [3.63, 3.8) is 0 Å². The van der Waals surface area contributed by atoms with E-state index in [2.05, 4.69) is 33.1 Å². The molecule has 6 rings (SSSR count). The molecule has 1 aromatic heterocycles. The molecule has 3 fully saturated rings. The van der Waals surface area contributed by atoms with Crippen molar-refractivity contribution in [3.8, 4) is 0 Å². The topological polar surface area (TPSA) is 50.2 Å². The van der Waals surface area contributed by atoms with Crippen molar-refractivity contribution < 1.29 is 4.79 Å². The molecule has 5 heterocycles. The highest BCUT2D eigenvalue weighted by Crippen LogP contribution is 2.29. The molecule has 4 aliphatic rings. The Morgan fingerprint density at radius 3 is 2.76 bits per heavy atom. The van der Waals surface area contributed by atoms with E-state index in [0.29, 0.717) is 11.6 Å². The highest BCUT2D eigenvalue weighted by molar-refractivity contribution is 6.05. The molecular formula is C19H25ClN4O. The van der Waals surface area contributed by atoms with Crippen LogP contribution in [0.3, 0.4) is 0 Å². The van der Waals surface area contributed by atoms with E-state index in [0.717, 1.165) is 31.3 Å². The first-order valence-electron chi connectivity index (χ1n) is 9.31. The second-order valence-electron chi connectivity index (χ2n) is 7.56. The average molecular weight is 361 g/mol. The zero-order valence-electron chi connectivity index (χ0n) is 14.4. The molecule has 1 N–H and O–H groups in total. The van der Waals surface area contributed by atoms with Crippen LogP contribution in [0.2, 0.25) is 0 Å². The molecule has 4 aliphatic heterocycles. The Bertz CT molecular complexity index is 794. The van der Waals surface area contributed by atoms with Gasteiger partial charge in [0.15, 0.2) is 5.69 Å². The van der Waals surface area contributed by atoms with Gasteiger partial charge in [0.05, 0.1) is 5.52 Å². The third-order valence-corrected chi connectivity index (χ3v) is 6.11. The van der Waals surface area contributed by atoms with Crippen LogP contribution in [0, 0.1) is 5.92 Å². The number of rotatable bonds is 2. The van der Waals surface area contributed by atoms with Gasteiger partial charge in [-0.15, -0.1) is 12.4 Å². The molecule has 6 heteroatoms. The Labute approximate surface area is 154 Å². The first-order valence-corrected chi connectivity index (χ1v) is 9.31. The van der Waals surface area contributed by atoms with Crippen LogP contribution in [-0.2, 0) is 13.0 Å². The smallest absolute Gasteiger partial charge is 0.272 e. The molecule has 3 saturated heterocycles. The fourth-order valence-electron chi connectivity index (χ4n) is 4.79. The summed E-state index contributed by atoms with van der Waals surface area (Å²) >= 11 is 0. The van der Waals surface area contributed by atoms with E-state index in [9.17, 15) is 4.79 Å². The number of aryl methyl sites for hydroxylation is 2. The number of para-hydroxylation sites is 1. The summed E-state index contributed by atoms with van der Waals surface area (Å²) in [5.74, 6) is 0.650. The maximum atomic E-state index is 12.9.